The Kier molecular flexibility index (Phi) is 6.37. The Morgan fingerprint density at radius 3 is 2.68 bits per heavy atom. The molecule has 0 radical (unpaired) electrons. The summed E-state index contributed by atoms with van der Waals surface area (Å²) in [6.45, 7) is 10.6. The smallest absolute Gasteiger partial charge is 0.324 e. The molecular formula is C20H29N3O2. The molecule has 2 atom stereocenters. The summed E-state index contributed by atoms with van der Waals surface area (Å²) >= 11 is 0. The van der Waals surface area contributed by atoms with Gasteiger partial charge in [0, 0.05) is 12.1 Å². The predicted molar refractivity (Wildman–Crippen MR) is 99.2 cm³/mol. The monoisotopic (exact) mass is 343 g/mol. The molecule has 0 amide bonds. The van der Waals surface area contributed by atoms with Gasteiger partial charge in [0.05, 0.1) is 12.0 Å². The molecule has 136 valence electrons. The Morgan fingerprint density at radius 2 is 2.00 bits per heavy atom. The van der Waals surface area contributed by atoms with Crippen molar-refractivity contribution < 1.29 is 9.53 Å². The number of carbonyl (C=O) groups is 1. The van der Waals surface area contributed by atoms with Crippen molar-refractivity contribution in [3.63, 3.8) is 0 Å². The second kappa shape index (κ2) is 8.30. The largest absolute Gasteiger partial charge is 0.443 e. The van der Waals surface area contributed by atoms with E-state index in [0.717, 1.165) is 5.69 Å². The van der Waals surface area contributed by atoms with Crippen LogP contribution in [0.3, 0.4) is 0 Å². The lowest BCUT2D eigenvalue weighted by atomic mass is 9.92. The van der Waals surface area contributed by atoms with Gasteiger partial charge >= 0.3 is 5.97 Å². The number of rotatable bonds is 7. The van der Waals surface area contributed by atoms with Crippen LogP contribution in [0.25, 0.3) is 0 Å². The normalized spacial score (nSPS) is 13.7. The number of imidazole rings is 1. The van der Waals surface area contributed by atoms with Crippen LogP contribution in [0.4, 0.5) is 0 Å². The van der Waals surface area contributed by atoms with Crippen molar-refractivity contribution in [3.05, 3.63) is 53.1 Å². The van der Waals surface area contributed by atoms with Gasteiger partial charge in [0.1, 0.15) is 6.04 Å². The molecule has 2 N–H and O–H groups in total. The van der Waals surface area contributed by atoms with Crippen LogP contribution in [0.1, 0.15) is 55.5 Å². The summed E-state index contributed by atoms with van der Waals surface area (Å²) in [5, 5.41) is 0. The van der Waals surface area contributed by atoms with Crippen molar-refractivity contribution in [3.8, 4) is 0 Å². The molecule has 2 rings (SSSR count). The van der Waals surface area contributed by atoms with E-state index < -0.39 is 6.04 Å². The molecule has 0 bridgehead atoms. The second-order valence-corrected chi connectivity index (χ2v) is 7.15. The molecule has 1 heterocycles. The molecule has 0 aliphatic rings. The number of ether oxygens (including phenoxy) is 1. The van der Waals surface area contributed by atoms with Crippen molar-refractivity contribution >= 4 is 5.97 Å². The van der Waals surface area contributed by atoms with Gasteiger partial charge in [0.15, 0.2) is 6.73 Å². The van der Waals surface area contributed by atoms with E-state index in [1.165, 1.54) is 16.7 Å². The Hall–Kier alpha value is -2.14. The predicted octanol–water partition coefficient (Wildman–Crippen LogP) is 3.53. The zero-order valence-electron chi connectivity index (χ0n) is 15.8. The van der Waals surface area contributed by atoms with Gasteiger partial charge in [-0.05, 0) is 42.9 Å². The third kappa shape index (κ3) is 4.92. The minimum atomic E-state index is -0.572. The number of nitrogens with two attached hydrogens (primary N) is 1. The lowest BCUT2D eigenvalue weighted by Crippen LogP contribution is -2.33. The molecule has 0 fully saturated rings. The van der Waals surface area contributed by atoms with Crippen LogP contribution in [-0.2, 0) is 16.3 Å². The first-order valence-corrected chi connectivity index (χ1v) is 8.79. The minimum absolute atomic E-state index is 0.136. The van der Waals surface area contributed by atoms with Gasteiger partial charge in [0.2, 0.25) is 0 Å². The third-order valence-electron chi connectivity index (χ3n) is 4.59. The van der Waals surface area contributed by atoms with E-state index in [2.05, 4.69) is 44.0 Å². The molecule has 0 unspecified atom stereocenters. The van der Waals surface area contributed by atoms with Crippen molar-refractivity contribution in [2.75, 3.05) is 0 Å². The molecule has 0 spiro atoms. The van der Waals surface area contributed by atoms with E-state index in [1.807, 2.05) is 20.0 Å². The zero-order valence-corrected chi connectivity index (χ0v) is 15.8. The standard InChI is InChI=1S/C20H29N3O2/c1-13(2)9-18(21)20(24)25-12-23-10-19(22-11-23)16(5)17-8-6-7-14(3)15(17)4/h6-8,10-11,13,16,18H,9,12,21H2,1-5H3/t16-,18-/m0/s1. The topological polar surface area (TPSA) is 70.1 Å². The van der Waals surface area contributed by atoms with Crippen LogP contribution in [0, 0.1) is 19.8 Å². The van der Waals surface area contributed by atoms with Crippen molar-refractivity contribution in [1.82, 2.24) is 9.55 Å². The van der Waals surface area contributed by atoms with E-state index in [-0.39, 0.29) is 18.6 Å². The minimum Gasteiger partial charge on any atom is -0.443 e. The summed E-state index contributed by atoms with van der Waals surface area (Å²) in [5.41, 5.74) is 10.6. The third-order valence-corrected chi connectivity index (χ3v) is 4.59. The first-order valence-electron chi connectivity index (χ1n) is 8.79. The van der Waals surface area contributed by atoms with Crippen molar-refractivity contribution in [2.24, 2.45) is 11.7 Å². The average molecular weight is 343 g/mol. The summed E-state index contributed by atoms with van der Waals surface area (Å²) < 4.78 is 7.07. The molecule has 2 aromatic rings. The molecule has 5 nitrogen and oxygen atoms in total. The van der Waals surface area contributed by atoms with Crippen LogP contribution in [0.5, 0.6) is 0 Å². The van der Waals surface area contributed by atoms with Crippen LogP contribution >= 0.6 is 0 Å². The summed E-state index contributed by atoms with van der Waals surface area (Å²) in [6, 6.07) is 5.75. The molecule has 1 aromatic heterocycles. The summed E-state index contributed by atoms with van der Waals surface area (Å²) in [7, 11) is 0. The fourth-order valence-electron chi connectivity index (χ4n) is 2.92. The van der Waals surface area contributed by atoms with Crippen molar-refractivity contribution in [2.45, 2.75) is 59.7 Å². The molecule has 1 aromatic carbocycles. The van der Waals surface area contributed by atoms with Gasteiger partial charge in [0.25, 0.3) is 0 Å². The van der Waals surface area contributed by atoms with Crippen LogP contribution in [0.15, 0.2) is 30.7 Å². The van der Waals surface area contributed by atoms with Crippen LogP contribution in [-0.4, -0.2) is 21.6 Å². The summed E-state index contributed by atoms with van der Waals surface area (Å²) in [5.74, 6) is 0.174. The Morgan fingerprint density at radius 1 is 1.28 bits per heavy atom. The number of carbonyl (C=O) groups excluding carboxylic acids is 1. The maximum Gasteiger partial charge on any atom is 0.324 e. The lowest BCUT2D eigenvalue weighted by molar-refractivity contribution is -0.149. The first-order chi connectivity index (χ1) is 11.8. The second-order valence-electron chi connectivity index (χ2n) is 7.15. The van der Waals surface area contributed by atoms with Crippen LogP contribution in [0.2, 0.25) is 0 Å². The van der Waals surface area contributed by atoms with E-state index in [4.69, 9.17) is 10.5 Å². The number of esters is 1. The highest BCUT2D eigenvalue weighted by Gasteiger charge is 2.18. The van der Waals surface area contributed by atoms with E-state index in [1.54, 1.807) is 10.9 Å². The number of aryl methyl sites for hydroxylation is 1. The maximum atomic E-state index is 11.9. The number of benzene rings is 1. The van der Waals surface area contributed by atoms with E-state index in [0.29, 0.717) is 12.3 Å². The summed E-state index contributed by atoms with van der Waals surface area (Å²) in [4.78, 5) is 16.4. The quantitative estimate of drug-likeness (QED) is 0.781. The summed E-state index contributed by atoms with van der Waals surface area (Å²) in [6.07, 6.45) is 4.24. The molecule has 25 heavy (non-hydrogen) atoms. The first kappa shape index (κ1) is 19.2. The van der Waals surface area contributed by atoms with E-state index in [9.17, 15) is 4.79 Å². The molecule has 0 saturated heterocycles. The SMILES string of the molecule is Cc1cccc([C@H](C)c2cn(COC(=O)[C@@H](N)CC(C)C)cn2)c1C. The molecule has 5 heteroatoms. The van der Waals surface area contributed by atoms with Gasteiger partial charge in [-0.25, -0.2) is 4.98 Å². The number of nitrogens with zero attached hydrogens (tertiary/aromatic N) is 2. The number of hydrogen-bond acceptors (Lipinski definition) is 4. The highest BCUT2D eigenvalue weighted by molar-refractivity contribution is 5.75. The molecular weight excluding hydrogens is 314 g/mol. The molecule has 0 aliphatic carbocycles. The Bertz CT molecular complexity index is 721. The number of aromatic nitrogens is 2. The maximum absolute atomic E-state index is 11.9. The molecule has 0 aliphatic heterocycles. The van der Waals surface area contributed by atoms with E-state index >= 15 is 0 Å². The Labute approximate surface area is 150 Å². The lowest BCUT2D eigenvalue weighted by Gasteiger charge is -2.14. The zero-order chi connectivity index (χ0) is 18.6. The highest BCUT2D eigenvalue weighted by atomic mass is 16.5. The number of hydrogen-bond donors (Lipinski definition) is 1. The molecule has 0 saturated carbocycles. The van der Waals surface area contributed by atoms with Gasteiger partial charge in [-0.1, -0.05) is 39.0 Å². The van der Waals surface area contributed by atoms with Gasteiger partial charge in [-0.15, -0.1) is 0 Å². The Balaban J connectivity index is 2.00. The van der Waals surface area contributed by atoms with Crippen molar-refractivity contribution in [1.29, 1.82) is 0 Å². The fraction of sp³-hybridized carbons (Fsp3) is 0.500. The van der Waals surface area contributed by atoms with Gasteiger partial charge < -0.3 is 15.0 Å². The van der Waals surface area contributed by atoms with Crippen LogP contribution < -0.4 is 5.73 Å². The van der Waals surface area contributed by atoms with Gasteiger partial charge in [-0.3, -0.25) is 4.79 Å². The fourth-order valence-corrected chi connectivity index (χ4v) is 2.92. The van der Waals surface area contributed by atoms with Gasteiger partial charge in [-0.2, -0.15) is 0 Å². The highest BCUT2D eigenvalue weighted by Crippen LogP contribution is 2.27. The average Bonchev–Trinajstić information content (AvgIpc) is 3.03.